The fourth-order valence-electron chi connectivity index (χ4n) is 4.98. The molecule has 0 saturated carbocycles. The van der Waals surface area contributed by atoms with Crippen LogP contribution in [0.25, 0.3) is 0 Å². The Morgan fingerprint density at radius 3 is 1.06 bits per heavy atom. The van der Waals surface area contributed by atoms with E-state index in [-0.39, 0.29) is 24.8 Å². The summed E-state index contributed by atoms with van der Waals surface area (Å²) in [4.78, 5) is 0. The molecule has 0 N–H and O–H groups in total. The molecule has 0 heterocycles. The zero-order valence-electron chi connectivity index (χ0n) is 20.3. The van der Waals surface area contributed by atoms with Crippen LogP contribution in [0.1, 0.15) is 71.1 Å². The molecule has 0 amide bonds. The Bertz CT molecular complexity index is 740. The van der Waals surface area contributed by atoms with Crippen LogP contribution >= 0.6 is 32.1 Å². The first-order valence-electron chi connectivity index (χ1n) is 12.5. The predicted octanol–water partition coefficient (Wildman–Crippen LogP) is 8.48. The standard InChI is InChI=1S/C30H41P.2ClH/c1-2-3-4-5-6-7-8-9-10-20-27-31(28-21-14-11-15-22-28,29-23-16-12-17-24-29)30-25-18-13-19-26-30;;/h11-19,21-26,31H,2-10,20,27H2,1H3;2*1H. The van der Waals surface area contributed by atoms with Gasteiger partial charge in [-0.2, -0.15) is 0 Å². The van der Waals surface area contributed by atoms with Gasteiger partial charge in [0.2, 0.25) is 0 Å². The van der Waals surface area contributed by atoms with Gasteiger partial charge in [0.25, 0.3) is 0 Å². The van der Waals surface area contributed by atoms with E-state index >= 15 is 0 Å². The third-order valence-electron chi connectivity index (χ3n) is 6.71. The number of unbranched alkanes of at least 4 members (excludes halogenated alkanes) is 9. The fourth-order valence-corrected chi connectivity index (χ4v) is 9.91. The minimum atomic E-state index is -2.01. The molecule has 0 bridgehead atoms. The van der Waals surface area contributed by atoms with E-state index in [2.05, 4.69) is 97.9 Å². The van der Waals surface area contributed by atoms with Gasteiger partial charge in [-0.15, -0.1) is 24.8 Å². The average molecular weight is 506 g/mol. The minimum Gasteiger partial charge on any atom is -0.147 e. The van der Waals surface area contributed by atoms with Gasteiger partial charge in [-0.05, 0) is 0 Å². The molecule has 182 valence electrons. The van der Waals surface area contributed by atoms with Crippen molar-refractivity contribution in [3.05, 3.63) is 91.0 Å². The zero-order chi connectivity index (χ0) is 21.6. The molecule has 3 heteroatoms. The molecule has 0 fully saturated rings. The summed E-state index contributed by atoms with van der Waals surface area (Å²) in [5.41, 5.74) is 0. The first-order valence-corrected chi connectivity index (χ1v) is 14.7. The molecule has 3 rings (SSSR count). The molecule has 3 aromatic rings. The maximum Gasteiger partial charge on any atom is -0.147 e. The summed E-state index contributed by atoms with van der Waals surface area (Å²) in [6, 6.07) is 34.1. The molecule has 0 aliphatic heterocycles. The molecule has 0 aromatic heterocycles. The van der Waals surface area contributed by atoms with E-state index < -0.39 is 7.26 Å². The van der Waals surface area contributed by atoms with Gasteiger partial charge < -0.3 is 0 Å². The molecule has 0 unspecified atom stereocenters. The molecule has 0 spiro atoms. The van der Waals surface area contributed by atoms with E-state index in [1.165, 1.54) is 70.4 Å². The summed E-state index contributed by atoms with van der Waals surface area (Å²) >= 11 is 0. The van der Waals surface area contributed by atoms with Gasteiger partial charge in [0.15, 0.2) is 0 Å². The maximum absolute atomic E-state index is 2.38. The van der Waals surface area contributed by atoms with Crippen molar-refractivity contribution < 1.29 is 0 Å². The normalized spacial score (nSPS) is 11.3. The third-order valence-corrected chi connectivity index (χ3v) is 11.8. The van der Waals surface area contributed by atoms with Crippen molar-refractivity contribution in [3.63, 3.8) is 0 Å². The van der Waals surface area contributed by atoms with Gasteiger partial charge in [0, 0.05) is 0 Å². The van der Waals surface area contributed by atoms with Gasteiger partial charge in [0.05, 0.1) is 0 Å². The topological polar surface area (TPSA) is 0 Å². The van der Waals surface area contributed by atoms with Crippen LogP contribution in [0.2, 0.25) is 0 Å². The fraction of sp³-hybridized carbons (Fsp3) is 0.400. The van der Waals surface area contributed by atoms with Crippen molar-refractivity contribution in [2.75, 3.05) is 6.16 Å². The minimum absolute atomic E-state index is 0. The van der Waals surface area contributed by atoms with Crippen LogP contribution in [0.3, 0.4) is 0 Å². The van der Waals surface area contributed by atoms with Crippen LogP contribution in [0.15, 0.2) is 91.0 Å². The number of benzene rings is 3. The second-order valence-corrected chi connectivity index (χ2v) is 13.0. The van der Waals surface area contributed by atoms with E-state index in [4.69, 9.17) is 0 Å². The predicted molar refractivity (Wildman–Crippen MR) is 158 cm³/mol. The van der Waals surface area contributed by atoms with E-state index in [1.807, 2.05) is 0 Å². The Hall–Kier alpha value is -1.33. The molecule has 0 saturated heterocycles. The molecular formula is C30H43Cl2P. The van der Waals surface area contributed by atoms with Crippen LogP contribution in [-0.2, 0) is 0 Å². The molecule has 0 atom stereocenters. The molecule has 0 aliphatic rings. The first kappa shape index (κ1) is 29.7. The summed E-state index contributed by atoms with van der Waals surface area (Å²) in [7, 11) is -2.01. The SMILES string of the molecule is CCCCCCCCCCCC[PH](c1ccccc1)(c1ccccc1)c1ccccc1.Cl.Cl. The molecule has 0 aliphatic carbocycles. The summed E-state index contributed by atoms with van der Waals surface area (Å²) in [6.45, 7) is 2.30. The van der Waals surface area contributed by atoms with Crippen molar-refractivity contribution in [2.24, 2.45) is 0 Å². The molecule has 0 radical (unpaired) electrons. The van der Waals surface area contributed by atoms with Gasteiger partial charge in [-0.3, -0.25) is 0 Å². The maximum atomic E-state index is 2.38. The smallest absolute Gasteiger partial charge is 0.147 e. The summed E-state index contributed by atoms with van der Waals surface area (Å²) in [6.07, 6.45) is 15.2. The van der Waals surface area contributed by atoms with E-state index in [1.54, 1.807) is 15.9 Å². The van der Waals surface area contributed by atoms with Crippen LogP contribution in [0, 0.1) is 0 Å². The van der Waals surface area contributed by atoms with E-state index in [0.29, 0.717) is 0 Å². The van der Waals surface area contributed by atoms with Crippen molar-refractivity contribution in [1.82, 2.24) is 0 Å². The molecule has 0 nitrogen and oxygen atoms in total. The summed E-state index contributed by atoms with van der Waals surface area (Å²) < 4.78 is 0. The Kier molecular flexibility index (Phi) is 15.4. The van der Waals surface area contributed by atoms with Crippen LogP contribution in [0.4, 0.5) is 0 Å². The van der Waals surface area contributed by atoms with Crippen molar-refractivity contribution in [3.8, 4) is 0 Å². The van der Waals surface area contributed by atoms with Gasteiger partial charge >= 0.3 is 191 Å². The quantitative estimate of drug-likeness (QED) is 0.152. The second-order valence-electron chi connectivity index (χ2n) is 8.94. The van der Waals surface area contributed by atoms with Crippen LogP contribution < -0.4 is 15.9 Å². The molecular weight excluding hydrogens is 462 g/mol. The average Bonchev–Trinajstić information content (AvgIpc) is 2.84. The first-order chi connectivity index (χ1) is 15.4. The number of halogens is 2. The molecule has 33 heavy (non-hydrogen) atoms. The van der Waals surface area contributed by atoms with Gasteiger partial charge in [-0.25, -0.2) is 0 Å². The Morgan fingerprint density at radius 1 is 0.424 bits per heavy atom. The van der Waals surface area contributed by atoms with E-state index in [0.717, 1.165) is 0 Å². The van der Waals surface area contributed by atoms with Crippen molar-refractivity contribution in [2.45, 2.75) is 71.1 Å². The van der Waals surface area contributed by atoms with Gasteiger partial charge in [-0.1, -0.05) is 0 Å². The van der Waals surface area contributed by atoms with Crippen LogP contribution in [-0.4, -0.2) is 6.16 Å². The zero-order valence-corrected chi connectivity index (χ0v) is 22.9. The number of rotatable bonds is 14. The third kappa shape index (κ3) is 8.75. The van der Waals surface area contributed by atoms with E-state index in [9.17, 15) is 0 Å². The van der Waals surface area contributed by atoms with Crippen molar-refractivity contribution >= 4 is 48.0 Å². The summed E-state index contributed by atoms with van der Waals surface area (Å²) in [5.74, 6) is 0. The van der Waals surface area contributed by atoms with Crippen molar-refractivity contribution in [1.29, 1.82) is 0 Å². The Labute approximate surface area is 215 Å². The number of hydrogen-bond donors (Lipinski definition) is 0. The number of hydrogen-bond acceptors (Lipinski definition) is 0. The monoisotopic (exact) mass is 504 g/mol. The van der Waals surface area contributed by atoms with Crippen LogP contribution in [0.5, 0.6) is 0 Å². The summed E-state index contributed by atoms with van der Waals surface area (Å²) in [5, 5.41) is 4.63. The van der Waals surface area contributed by atoms with Gasteiger partial charge in [0.1, 0.15) is 0 Å². The Balaban J connectivity index is 0.00000272. The largest absolute Gasteiger partial charge is 0.147 e. The second kappa shape index (κ2) is 17.2. The Morgan fingerprint density at radius 2 is 0.727 bits per heavy atom. The molecule has 3 aromatic carbocycles.